The van der Waals surface area contributed by atoms with Crippen LogP contribution in [0.5, 0.6) is 40.2 Å². The number of nitrogens with one attached hydrogen (secondary N) is 6. The van der Waals surface area contributed by atoms with E-state index in [1.54, 1.807) is 0 Å². The molecule has 0 aliphatic heterocycles. The van der Waals surface area contributed by atoms with E-state index in [4.69, 9.17) is 5.73 Å². The fourth-order valence-corrected chi connectivity index (χ4v) is 12.7. The molecule has 610 valence electrons. The van der Waals surface area contributed by atoms with Gasteiger partial charge in [0.05, 0.1) is 6.04 Å². The second-order valence-electron chi connectivity index (χ2n) is 23.7. The molecule has 0 heterocycles. The Labute approximate surface area is 842 Å². The molecule has 9 N–H and O–H groups in total. The van der Waals surface area contributed by atoms with E-state index in [0.717, 1.165) is 158 Å². The van der Waals surface area contributed by atoms with Crippen molar-refractivity contribution in [2.75, 3.05) is 0 Å². The van der Waals surface area contributed by atoms with E-state index in [2.05, 4.69) is 61.2 Å². The number of carbonyl (C=O) groups is 7. The predicted molar refractivity (Wildman–Crippen MR) is 370 cm³/mol. The quantitative estimate of drug-likeness (QED) is 0.0100. The van der Waals surface area contributed by atoms with Gasteiger partial charge in [0.15, 0.2) is 0 Å². The van der Waals surface area contributed by atoms with Crippen LogP contribution in [0.25, 0.3) is 0 Å². The molecule has 0 saturated carbocycles. The number of rotatable bonds is 41. The van der Waals surface area contributed by atoms with Crippen LogP contribution >= 0.6 is 0 Å². The molecule has 0 unspecified atom stereocenters. The van der Waals surface area contributed by atoms with Crippen LogP contribution in [0.3, 0.4) is 0 Å². The maximum absolute atomic E-state index is 15.3. The molecule has 0 fully saturated rings. The van der Waals surface area contributed by atoms with Crippen molar-refractivity contribution in [1.82, 2.24) is 31.9 Å². The van der Waals surface area contributed by atoms with E-state index in [1.165, 1.54) is 12.1 Å². The Balaban J connectivity index is 0.0000202. The van der Waals surface area contributed by atoms with Gasteiger partial charge in [-0.25, -0.2) is 63.7 Å². The standard InChI is InChI=1S/C63H65N7O36S7.7Na/c64-50(29-36-1-15-43(16-2-36)100-107(79,80)81)57(71)65-51(30-37-3-17-44(18-4-37)101-108(82,83)84)58(72)66-52(31-38-5-19-45(20-6-38)102-109(85,86)87)59(73)67-53(32-39-7-21-46(22-8-39)103-110(88,89)90)60(74)68-54(33-40-9-23-47(24-10-40)104-111(91,92)93)61(75)69-55(34-41-11-25-48(26-12-41)105-112(94,95)96)62(76)70-56(63(77)78)35-42-13-27-49(28-14-42)106-113(97,98)99;;;;;;;/h1-28,50-56H,29-35,64H2,(H,65,71)(H,66,72)(H,67,73)(H,68,74)(H,69,75)(H,70,76)(H,77,78)(H,79,80,81)(H,82,83,84)(H,85,86,87)(H,88,89,90)(H,91,92,93)(H,94,95,96)(H,97,98,99);;;;;;;/q;7*+1/p-7/t50-,51-,52-,53-,54-,55-,56-;;;;;;;/m0......./s1. The van der Waals surface area contributed by atoms with Crippen molar-refractivity contribution in [3.05, 3.63) is 209 Å². The van der Waals surface area contributed by atoms with Gasteiger partial charge in [0.1, 0.15) is 76.5 Å². The molecular weight excluding hydrogens is 1820 g/mol. The van der Waals surface area contributed by atoms with Crippen molar-refractivity contribution in [1.29, 1.82) is 0 Å². The summed E-state index contributed by atoms with van der Waals surface area (Å²) in [5, 5.41) is 24.6. The topological polar surface area (TPSA) is 703 Å². The van der Waals surface area contributed by atoms with Crippen LogP contribution in [-0.4, -0.2) is 180 Å². The number of benzene rings is 7. The summed E-state index contributed by atoms with van der Waals surface area (Å²) in [6, 6.07) is 15.0. The van der Waals surface area contributed by atoms with E-state index >= 15 is 14.4 Å². The van der Waals surface area contributed by atoms with Gasteiger partial charge in [-0.05, 0) is 130 Å². The zero-order valence-corrected chi connectivity index (χ0v) is 83.5. The molecule has 0 spiro atoms. The molecule has 7 aromatic rings. The average Bonchev–Trinajstić information content (AvgIpc) is 0.826. The van der Waals surface area contributed by atoms with Gasteiger partial charge >= 0.3 is 213 Å². The first-order valence-corrected chi connectivity index (χ1v) is 40.7. The zero-order valence-electron chi connectivity index (χ0n) is 63.8. The summed E-state index contributed by atoms with van der Waals surface area (Å²) in [7, 11) is -37.5. The van der Waals surface area contributed by atoms with Crippen LogP contribution in [-0.2, 0) is 151 Å². The Hall–Kier alpha value is -4.24. The molecule has 6 amide bonds. The fraction of sp³-hybridized carbons (Fsp3) is 0.222. The minimum atomic E-state index is -5.43. The smallest absolute Gasteiger partial charge is 0.716 e. The van der Waals surface area contributed by atoms with E-state index in [1.807, 2.05) is 0 Å². The Morgan fingerprint density at radius 2 is 0.367 bits per heavy atom. The normalized spacial score (nSPS) is 13.1. The first-order chi connectivity index (χ1) is 52.4. The van der Waals surface area contributed by atoms with Crippen molar-refractivity contribution in [2.24, 2.45) is 5.73 Å². The number of aliphatic carboxylic acids is 1. The third-order valence-electron chi connectivity index (χ3n) is 15.1. The van der Waals surface area contributed by atoms with Crippen molar-refractivity contribution < 1.29 is 366 Å². The molecule has 0 aliphatic rings. The predicted octanol–water partition coefficient (Wildman–Crippen LogP) is -24.1. The van der Waals surface area contributed by atoms with Gasteiger partial charge < -0.3 is 104 Å². The fourth-order valence-electron chi connectivity index (χ4n) is 10.2. The molecule has 0 saturated heterocycles. The summed E-state index contributed by atoms with van der Waals surface area (Å²) in [4.78, 5) is 102. The summed E-state index contributed by atoms with van der Waals surface area (Å²) < 4.78 is 270. The molecule has 0 aromatic heterocycles. The van der Waals surface area contributed by atoms with Gasteiger partial charge in [-0.2, -0.15) is 0 Å². The molecule has 7 rings (SSSR count). The number of carboxylic acids is 1. The number of amides is 6. The molecule has 0 bridgehead atoms. The van der Waals surface area contributed by atoms with Crippen molar-refractivity contribution >= 4 is 114 Å². The molecule has 57 heteroatoms. The molecule has 7 aromatic carbocycles. The van der Waals surface area contributed by atoms with Crippen LogP contribution in [0.1, 0.15) is 38.9 Å². The van der Waals surface area contributed by atoms with Crippen LogP contribution in [0, 0.1) is 0 Å². The first kappa shape index (κ1) is 116. The van der Waals surface area contributed by atoms with E-state index in [-0.39, 0.29) is 252 Å². The van der Waals surface area contributed by atoms with Crippen molar-refractivity contribution in [2.45, 2.75) is 87.2 Å². The number of nitrogens with two attached hydrogens (primary N) is 1. The second kappa shape index (κ2) is 51.5. The number of carboxylic acid groups (broad SMARTS) is 1. The Morgan fingerprint density at radius 3 is 0.508 bits per heavy atom. The number of carbonyl (C=O) groups excluding carboxylic acids is 6. The van der Waals surface area contributed by atoms with Crippen LogP contribution in [0.4, 0.5) is 0 Å². The second-order valence-corrected chi connectivity index (χ2v) is 30.6. The molecular formula is C63H58N7Na7O36S7. The molecule has 120 heavy (non-hydrogen) atoms. The summed E-state index contributed by atoms with van der Waals surface area (Å²) in [6.45, 7) is 0. The Bertz CT molecular complexity index is 5490. The van der Waals surface area contributed by atoms with Crippen LogP contribution < -0.4 is 274 Å². The first-order valence-electron chi connectivity index (χ1n) is 31.4. The average molecular weight is 1870 g/mol. The van der Waals surface area contributed by atoms with Crippen LogP contribution in [0.15, 0.2) is 170 Å². The third-order valence-corrected chi connectivity index (χ3v) is 17.8. The SMILES string of the molecule is N[C@@H](Cc1ccc(OS(=O)(=O)[O-])cc1)C(=O)N[C@@H](Cc1ccc(OS(=O)(=O)[O-])cc1)C(=O)N[C@@H](Cc1ccc(OS(=O)(=O)[O-])cc1)C(=O)N[C@@H](Cc1ccc(OS(=O)(=O)[O-])cc1)C(=O)N[C@@H](Cc1ccc(OS(=O)(=O)[O-])cc1)C(=O)N[C@@H](Cc1ccc(OS(=O)(=O)[O-])cc1)C(=O)N[C@@H](Cc1ccc(OS(=O)(=O)[O-])cc1)C(=O)O.[Na+].[Na+].[Na+].[Na+].[Na+].[Na+].[Na+]. The minimum absolute atomic E-state index is 0. The minimum Gasteiger partial charge on any atom is -0.716 e. The van der Waals surface area contributed by atoms with Gasteiger partial charge in [-0.1, -0.05) is 84.9 Å². The monoisotopic (exact) mass is 1870 g/mol. The molecule has 43 nitrogen and oxygen atoms in total. The van der Waals surface area contributed by atoms with Gasteiger partial charge in [-0.15, -0.1) is 0 Å². The molecule has 0 aliphatic carbocycles. The van der Waals surface area contributed by atoms with Gasteiger partial charge in [0, 0.05) is 38.5 Å². The maximum atomic E-state index is 15.3. The summed E-state index contributed by atoms with van der Waals surface area (Å²) in [5.74, 6) is -13.5. The van der Waals surface area contributed by atoms with Gasteiger partial charge in [-0.3, -0.25) is 28.8 Å². The maximum Gasteiger partial charge on any atom is 1.00 e. The Kier molecular flexibility index (Phi) is 49.7. The Morgan fingerprint density at radius 1 is 0.242 bits per heavy atom. The number of hydrogen-bond donors (Lipinski definition) is 8. The largest absolute Gasteiger partial charge is 1.00 e. The van der Waals surface area contributed by atoms with Crippen molar-refractivity contribution in [3.8, 4) is 40.2 Å². The number of hydrogen-bond acceptors (Lipinski definition) is 36. The van der Waals surface area contributed by atoms with E-state index < -0.39 is 235 Å². The van der Waals surface area contributed by atoms with Gasteiger partial charge in [0.2, 0.25) is 35.4 Å². The zero-order chi connectivity index (χ0) is 83.6. The van der Waals surface area contributed by atoms with Crippen LogP contribution in [0.2, 0.25) is 0 Å². The summed E-state index contributed by atoms with van der Waals surface area (Å²) >= 11 is 0. The molecule has 7 atom stereocenters. The van der Waals surface area contributed by atoms with Crippen molar-refractivity contribution in [3.63, 3.8) is 0 Å². The van der Waals surface area contributed by atoms with E-state index in [9.17, 15) is 115 Å². The summed E-state index contributed by atoms with van der Waals surface area (Å²) in [6.07, 6.45) is -4.59. The van der Waals surface area contributed by atoms with E-state index in [0.29, 0.717) is 0 Å². The molecule has 0 radical (unpaired) electrons. The third kappa shape index (κ3) is 44.3. The summed E-state index contributed by atoms with van der Waals surface area (Å²) in [5.41, 5.74) is 6.45. The van der Waals surface area contributed by atoms with Gasteiger partial charge in [0.25, 0.3) is 72.8 Å².